The van der Waals surface area contributed by atoms with Gasteiger partial charge in [-0.3, -0.25) is 0 Å². The summed E-state index contributed by atoms with van der Waals surface area (Å²) >= 11 is 0. The second-order valence-electron chi connectivity index (χ2n) is 3.58. The van der Waals surface area contributed by atoms with E-state index < -0.39 is 0 Å². The zero-order chi connectivity index (χ0) is 11.8. The van der Waals surface area contributed by atoms with E-state index in [2.05, 4.69) is 12.2 Å². The summed E-state index contributed by atoms with van der Waals surface area (Å²) in [5, 5.41) is 2.68. The van der Waals surface area contributed by atoms with Crippen LogP contribution in [0.3, 0.4) is 0 Å². The van der Waals surface area contributed by atoms with Gasteiger partial charge in [-0.05, 0) is 24.1 Å². The quantitative estimate of drug-likeness (QED) is 0.593. The highest BCUT2D eigenvalue weighted by Gasteiger charge is 2.00. The number of alkyl carbamates (subject to hydrolysis) is 1. The second-order valence-corrected chi connectivity index (χ2v) is 3.58. The summed E-state index contributed by atoms with van der Waals surface area (Å²) < 4.78 is 4.95. The van der Waals surface area contributed by atoms with Gasteiger partial charge in [0.2, 0.25) is 0 Å². The van der Waals surface area contributed by atoms with Gasteiger partial charge in [-0.15, -0.1) is 0 Å². The number of carbonyl (C=O) groups is 1. The molecular formula is C12H18N2O2. The van der Waals surface area contributed by atoms with E-state index >= 15 is 0 Å². The van der Waals surface area contributed by atoms with Crippen LogP contribution in [-0.2, 0) is 11.3 Å². The summed E-state index contributed by atoms with van der Waals surface area (Å²) in [6, 6.07) is 7.36. The van der Waals surface area contributed by atoms with Gasteiger partial charge in [0.25, 0.3) is 0 Å². The number of ether oxygens (including phenoxy) is 1. The summed E-state index contributed by atoms with van der Waals surface area (Å²) in [7, 11) is 0. The minimum Gasteiger partial charge on any atom is -0.450 e. The third kappa shape index (κ3) is 4.68. The largest absolute Gasteiger partial charge is 0.450 e. The van der Waals surface area contributed by atoms with Crippen molar-refractivity contribution in [3.8, 4) is 0 Å². The molecule has 0 radical (unpaired) electrons. The number of rotatable bonds is 5. The molecule has 1 amide bonds. The van der Waals surface area contributed by atoms with E-state index in [0.29, 0.717) is 18.8 Å². The molecule has 16 heavy (non-hydrogen) atoms. The number of hydrogen-bond acceptors (Lipinski definition) is 3. The van der Waals surface area contributed by atoms with Gasteiger partial charge in [0.05, 0.1) is 6.61 Å². The van der Waals surface area contributed by atoms with E-state index in [-0.39, 0.29) is 6.09 Å². The summed E-state index contributed by atoms with van der Waals surface area (Å²) in [5.41, 5.74) is 7.27. The van der Waals surface area contributed by atoms with Crippen molar-refractivity contribution < 1.29 is 9.53 Å². The molecular weight excluding hydrogens is 204 g/mol. The normalized spacial score (nSPS) is 9.81. The first-order valence-corrected chi connectivity index (χ1v) is 5.47. The molecule has 0 aliphatic heterocycles. The van der Waals surface area contributed by atoms with Crippen LogP contribution < -0.4 is 11.1 Å². The molecule has 0 aromatic heterocycles. The maximum atomic E-state index is 11.2. The van der Waals surface area contributed by atoms with E-state index in [1.165, 1.54) is 0 Å². The number of carbonyl (C=O) groups excluding carboxylic acids is 1. The Hall–Kier alpha value is -1.71. The van der Waals surface area contributed by atoms with Gasteiger partial charge in [-0.25, -0.2) is 4.79 Å². The molecule has 4 heteroatoms. The van der Waals surface area contributed by atoms with E-state index in [4.69, 9.17) is 10.5 Å². The van der Waals surface area contributed by atoms with Crippen LogP contribution in [0.1, 0.15) is 25.3 Å². The molecule has 0 saturated heterocycles. The molecule has 0 atom stereocenters. The Morgan fingerprint density at radius 3 is 2.69 bits per heavy atom. The van der Waals surface area contributed by atoms with Crippen LogP contribution in [0.2, 0.25) is 0 Å². The summed E-state index contributed by atoms with van der Waals surface area (Å²) in [6.07, 6.45) is 1.55. The number of unbranched alkanes of at least 4 members (excludes halogenated alkanes) is 1. The summed E-state index contributed by atoms with van der Waals surface area (Å²) in [4.78, 5) is 11.2. The predicted molar refractivity (Wildman–Crippen MR) is 64.0 cm³/mol. The lowest BCUT2D eigenvalue weighted by atomic mass is 10.2. The van der Waals surface area contributed by atoms with Crippen LogP contribution in [0.5, 0.6) is 0 Å². The average Bonchev–Trinajstić information content (AvgIpc) is 2.29. The SMILES string of the molecule is CCCCOC(=O)NCc1ccc(N)cc1. The minimum atomic E-state index is -0.370. The van der Waals surface area contributed by atoms with E-state index in [1.807, 2.05) is 12.1 Å². The zero-order valence-electron chi connectivity index (χ0n) is 9.53. The first kappa shape index (κ1) is 12.4. The lowest BCUT2D eigenvalue weighted by molar-refractivity contribution is 0.144. The van der Waals surface area contributed by atoms with Crippen LogP contribution in [0.25, 0.3) is 0 Å². The van der Waals surface area contributed by atoms with Crippen molar-refractivity contribution in [2.45, 2.75) is 26.3 Å². The molecule has 1 aromatic carbocycles. The van der Waals surface area contributed by atoms with Gasteiger partial charge < -0.3 is 15.8 Å². The number of nitrogens with one attached hydrogen (secondary N) is 1. The monoisotopic (exact) mass is 222 g/mol. The molecule has 1 rings (SSSR count). The summed E-state index contributed by atoms with van der Waals surface area (Å²) in [6.45, 7) is 2.99. The molecule has 0 unspecified atom stereocenters. The Labute approximate surface area is 95.8 Å². The highest BCUT2D eigenvalue weighted by molar-refractivity contribution is 5.67. The van der Waals surface area contributed by atoms with Crippen molar-refractivity contribution in [3.05, 3.63) is 29.8 Å². The highest BCUT2D eigenvalue weighted by Crippen LogP contribution is 2.04. The van der Waals surface area contributed by atoms with E-state index in [9.17, 15) is 4.79 Å². The van der Waals surface area contributed by atoms with Gasteiger partial charge in [0.15, 0.2) is 0 Å². The van der Waals surface area contributed by atoms with Crippen LogP contribution >= 0.6 is 0 Å². The molecule has 0 bridgehead atoms. The maximum absolute atomic E-state index is 11.2. The molecule has 0 fully saturated rings. The molecule has 0 aliphatic rings. The molecule has 4 nitrogen and oxygen atoms in total. The smallest absolute Gasteiger partial charge is 0.407 e. The Balaban J connectivity index is 2.23. The van der Waals surface area contributed by atoms with Crippen molar-refractivity contribution in [2.24, 2.45) is 0 Å². The van der Waals surface area contributed by atoms with Gasteiger partial charge in [0, 0.05) is 12.2 Å². The first-order valence-electron chi connectivity index (χ1n) is 5.47. The van der Waals surface area contributed by atoms with Crippen molar-refractivity contribution in [3.63, 3.8) is 0 Å². The Morgan fingerprint density at radius 1 is 1.38 bits per heavy atom. The molecule has 0 heterocycles. The van der Waals surface area contributed by atoms with E-state index in [0.717, 1.165) is 18.4 Å². The number of anilines is 1. The molecule has 3 N–H and O–H groups in total. The Morgan fingerprint density at radius 2 is 2.06 bits per heavy atom. The number of amides is 1. The Bertz CT molecular complexity index is 322. The molecule has 0 saturated carbocycles. The molecule has 0 spiro atoms. The van der Waals surface area contributed by atoms with Gasteiger partial charge >= 0.3 is 6.09 Å². The highest BCUT2D eigenvalue weighted by atomic mass is 16.5. The van der Waals surface area contributed by atoms with Crippen molar-refractivity contribution in [1.29, 1.82) is 0 Å². The molecule has 88 valence electrons. The topological polar surface area (TPSA) is 64.3 Å². The fraction of sp³-hybridized carbons (Fsp3) is 0.417. The van der Waals surface area contributed by atoms with Crippen molar-refractivity contribution >= 4 is 11.8 Å². The van der Waals surface area contributed by atoms with Gasteiger partial charge in [0.1, 0.15) is 0 Å². The molecule has 1 aromatic rings. The molecule has 0 aliphatic carbocycles. The van der Waals surface area contributed by atoms with Crippen LogP contribution in [0.15, 0.2) is 24.3 Å². The number of benzene rings is 1. The van der Waals surface area contributed by atoms with Crippen LogP contribution in [0.4, 0.5) is 10.5 Å². The Kier molecular flexibility index (Phi) is 5.19. The first-order chi connectivity index (χ1) is 7.72. The average molecular weight is 222 g/mol. The minimum absolute atomic E-state index is 0.370. The number of nitrogens with two attached hydrogens (primary N) is 1. The summed E-state index contributed by atoms with van der Waals surface area (Å²) in [5.74, 6) is 0. The fourth-order valence-electron chi connectivity index (χ4n) is 1.17. The van der Waals surface area contributed by atoms with Crippen molar-refractivity contribution in [1.82, 2.24) is 5.32 Å². The van der Waals surface area contributed by atoms with E-state index in [1.54, 1.807) is 12.1 Å². The predicted octanol–water partition coefficient (Wildman–Crippen LogP) is 2.30. The lowest BCUT2D eigenvalue weighted by Crippen LogP contribution is -2.24. The zero-order valence-corrected chi connectivity index (χ0v) is 9.53. The number of hydrogen-bond donors (Lipinski definition) is 2. The van der Waals surface area contributed by atoms with Gasteiger partial charge in [-0.2, -0.15) is 0 Å². The number of nitrogen functional groups attached to an aromatic ring is 1. The van der Waals surface area contributed by atoms with Crippen LogP contribution in [0, 0.1) is 0 Å². The third-order valence-corrected chi connectivity index (χ3v) is 2.15. The lowest BCUT2D eigenvalue weighted by Gasteiger charge is -2.06. The maximum Gasteiger partial charge on any atom is 0.407 e. The van der Waals surface area contributed by atoms with Crippen molar-refractivity contribution in [2.75, 3.05) is 12.3 Å². The van der Waals surface area contributed by atoms with Gasteiger partial charge in [-0.1, -0.05) is 25.5 Å². The standard InChI is InChI=1S/C12H18N2O2/c1-2-3-8-16-12(15)14-9-10-4-6-11(13)7-5-10/h4-7H,2-3,8-9,13H2,1H3,(H,14,15). The van der Waals surface area contributed by atoms with Crippen LogP contribution in [-0.4, -0.2) is 12.7 Å². The second kappa shape index (κ2) is 6.71. The third-order valence-electron chi connectivity index (χ3n) is 2.15. The fourth-order valence-corrected chi connectivity index (χ4v) is 1.17.